The molecule has 0 aliphatic heterocycles. The summed E-state index contributed by atoms with van der Waals surface area (Å²) in [6.45, 7) is 0.753. The highest BCUT2D eigenvalue weighted by Gasteiger charge is 2.24. The highest BCUT2D eigenvalue weighted by molar-refractivity contribution is 9.10. The molecule has 2 rings (SSSR count). The number of nitrogens with zero attached hydrogens (tertiary/aromatic N) is 2. The molecule has 1 aliphatic rings. The molecule has 1 heterocycles. The summed E-state index contributed by atoms with van der Waals surface area (Å²) in [6.07, 6.45) is 6.39. The third-order valence-electron chi connectivity index (χ3n) is 2.76. The fourth-order valence-corrected chi connectivity index (χ4v) is 2.09. The van der Waals surface area contributed by atoms with E-state index in [0.29, 0.717) is 11.9 Å². The van der Waals surface area contributed by atoms with Crippen LogP contribution in [0.25, 0.3) is 0 Å². The minimum absolute atomic E-state index is 0.159. The number of aliphatic hydroxyl groups is 1. The Hall–Kier alpha value is -0.680. The number of hydrogen-bond donors (Lipinski definition) is 2. The Morgan fingerprint density at radius 1 is 1.40 bits per heavy atom. The van der Waals surface area contributed by atoms with E-state index in [1.807, 2.05) is 0 Å². The first-order valence-electron chi connectivity index (χ1n) is 5.15. The molecule has 15 heavy (non-hydrogen) atoms. The van der Waals surface area contributed by atoms with Gasteiger partial charge in [0.25, 0.3) is 0 Å². The van der Waals surface area contributed by atoms with Crippen LogP contribution in [-0.4, -0.2) is 27.7 Å². The molecule has 2 N–H and O–H groups in total. The molecule has 0 amide bonds. The molecule has 0 saturated heterocycles. The number of halogens is 1. The van der Waals surface area contributed by atoms with E-state index in [-0.39, 0.29) is 6.10 Å². The molecule has 1 aliphatic carbocycles. The van der Waals surface area contributed by atoms with E-state index in [9.17, 15) is 5.11 Å². The van der Waals surface area contributed by atoms with Crippen molar-refractivity contribution in [2.24, 2.45) is 5.92 Å². The lowest BCUT2D eigenvalue weighted by Crippen LogP contribution is -2.22. The van der Waals surface area contributed by atoms with Gasteiger partial charge in [-0.3, -0.25) is 0 Å². The van der Waals surface area contributed by atoms with E-state index in [1.54, 1.807) is 12.4 Å². The van der Waals surface area contributed by atoms with Gasteiger partial charge in [0, 0.05) is 24.9 Å². The van der Waals surface area contributed by atoms with Gasteiger partial charge in [0.05, 0.1) is 10.6 Å². The fraction of sp³-hybridized carbons (Fsp3) is 0.600. The fourth-order valence-electron chi connectivity index (χ4n) is 1.88. The van der Waals surface area contributed by atoms with Crippen molar-refractivity contribution in [3.8, 4) is 0 Å². The molecule has 1 aromatic heterocycles. The quantitative estimate of drug-likeness (QED) is 0.881. The number of anilines is 1. The van der Waals surface area contributed by atoms with Gasteiger partial charge in [0.15, 0.2) is 0 Å². The molecule has 0 radical (unpaired) electrons. The predicted molar refractivity (Wildman–Crippen MR) is 61.6 cm³/mol. The van der Waals surface area contributed by atoms with E-state index in [4.69, 9.17) is 0 Å². The molecule has 2 atom stereocenters. The summed E-state index contributed by atoms with van der Waals surface area (Å²) >= 11 is 3.28. The van der Waals surface area contributed by atoms with Crippen LogP contribution in [0.15, 0.2) is 16.9 Å². The average Bonchev–Trinajstić information content (AvgIpc) is 2.63. The SMILES string of the molecule is OC1CCCC1CNc1ncc(Br)cn1. The molecule has 1 saturated carbocycles. The van der Waals surface area contributed by atoms with Gasteiger partial charge >= 0.3 is 0 Å². The smallest absolute Gasteiger partial charge is 0.222 e. The lowest BCUT2D eigenvalue weighted by Gasteiger charge is -2.14. The molecule has 1 fully saturated rings. The van der Waals surface area contributed by atoms with Crippen LogP contribution in [0.3, 0.4) is 0 Å². The average molecular weight is 272 g/mol. The Labute approximate surface area is 97.3 Å². The maximum absolute atomic E-state index is 9.62. The monoisotopic (exact) mass is 271 g/mol. The van der Waals surface area contributed by atoms with Crippen molar-refractivity contribution in [2.45, 2.75) is 25.4 Å². The summed E-state index contributed by atoms with van der Waals surface area (Å²) in [6, 6.07) is 0. The Balaban J connectivity index is 1.85. The second-order valence-electron chi connectivity index (χ2n) is 3.86. The lowest BCUT2D eigenvalue weighted by molar-refractivity contribution is 0.138. The van der Waals surface area contributed by atoms with Crippen molar-refractivity contribution in [1.29, 1.82) is 0 Å². The van der Waals surface area contributed by atoms with Crippen molar-refractivity contribution < 1.29 is 5.11 Å². The highest BCUT2D eigenvalue weighted by atomic mass is 79.9. The molecule has 4 nitrogen and oxygen atoms in total. The lowest BCUT2D eigenvalue weighted by atomic mass is 10.1. The number of nitrogens with one attached hydrogen (secondary N) is 1. The van der Waals surface area contributed by atoms with Crippen LogP contribution >= 0.6 is 15.9 Å². The summed E-state index contributed by atoms with van der Waals surface area (Å²) in [5.74, 6) is 0.967. The zero-order valence-corrected chi connectivity index (χ0v) is 9.94. The van der Waals surface area contributed by atoms with Gasteiger partial charge in [-0.1, -0.05) is 6.42 Å². The summed E-state index contributed by atoms with van der Waals surface area (Å²) in [7, 11) is 0. The van der Waals surface area contributed by atoms with Gasteiger partial charge in [0.1, 0.15) is 0 Å². The van der Waals surface area contributed by atoms with Gasteiger partial charge in [-0.25, -0.2) is 9.97 Å². The Morgan fingerprint density at radius 3 is 2.73 bits per heavy atom. The van der Waals surface area contributed by atoms with Crippen molar-refractivity contribution in [3.05, 3.63) is 16.9 Å². The van der Waals surface area contributed by atoms with Gasteiger partial charge in [-0.2, -0.15) is 0 Å². The van der Waals surface area contributed by atoms with Crippen molar-refractivity contribution in [2.75, 3.05) is 11.9 Å². The molecule has 0 spiro atoms. The Bertz CT molecular complexity index is 317. The minimum Gasteiger partial charge on any atom is -0.393 e. The molecule has 82 valence electrons. The summed E-state index contributed by atoms with van der Waals surface area (Å²) in [4.78, 5) is 8.23. The van der Waals surface area contributed by atoms with Crippen LogP contribution < -0.4 is 5.32 Å². The molecule has 5 heteroatoms. The van der Waals surface area contributed by atoms with E-state index < -0.39 is 0 Å². The van der Waals surface area contributed by atoms with Crippen molar-refractivity contribution in [1.82, 2.24) is 9.97 Å². The number of aromatic nitrogens is 2. The Kier molecular flexibility index (Phi) is 3.53. The second kappa shape index (κ2) is 4.90. The second-order valence-corrected chi connectivity index (χ2v) is 4.78. The van der Waals surface area contributed by atoms with Gasteiger partial charge in [-0.15, -0.1) is 0 Å². The first-order chi connectivity index (χ1) is 7.25. The van der Waals surface area contributed by atoms with Gasteiger partial charge in [-0.05, 0) is 28.8 Å². The minimum atomic E-state index is -0.159. The number of hydrogen-bond acceptors (Lipinski definition) is 4. The van der Waals surface area contributed by atoms with Crippen LogP contribution in [0.4, 0.5) is 5.95 Å². The molecular formula is C10H14BrN3O. The molecule has 1 aromatic rings. The van der Waals surface area contributed by atoms with Gasteiger partial charge < -0.3 is 10.4 Å². The molecule has 2 unspecified atom stereocenters. The molecule has 0 bridgehead atoms. The van der Waals surface area contributed by atoms with Crippen molar-refractivity contribution >= 4 is 21.9 Å². The van der Waals surface area contributed by atoms with Crippen LogP contribution in [0.5, 0.6) is 0 Å². The molecule has 0 aromatic carbocycles. The zero-order chi connectivity index (χ0) is 10.7. The summed E-state index contributed by atoms with van der Waals surface area (Å²) in [5, 5.41) is 12.8. The first-order valence-corrected chi connectivity index (χ1v) is 5.94. The van der Waals surface area contributed by atoms with Crippen LogP contribution in [0.1, 0.15) is 19.3 Å². The maximum Gasteiger partial charge on any atom is 0.222 e. The van der Waals surface area contributed by atoms with E-state index in [1.165, 1.54) is 0 Å². The van der Waals surface area contributed by atoms with Crippen molar-refractivity contribution in [3.63, 3.8) is 0 Å². The van der Waals surface area contributed by atoms with Crippen LogP contribution in [0.2, 0.25) is 0 Å². The normalized spacial score (nSPS) is 25.5. The van der Waals surface area contributed by atoms with E-state index in [2.05, 4.69) is 31.2 Å². The summed E-state index contributed by atoms with van der Waals surface area (Å²) in [5.41, 5.74) is 0. The van der Waals surface area contributed by atoms with Crippen LogP contribution in [0, 0.1) is 5.92 Å². The number of aliphatic hydroxyl groups excluding tert-OH is 1. The molecular weight excluding hydrogens is 258 g/mol. The van der Waals surface area contributed by atoms with E-state index in [0.717, 1.165) is 30.3 Å². The topological polar surface area (TPSA) is 58.0 Å². The number of rotatable bonds is 3. The largest absolute Gasteiger partial charge is 0.393 e. The standard InChI is InChI=1S/C10H14BrN3O/c11-8-5-13-10(14-6-8)12-4-7-2-1-3-9(7)15/h5-7,9,15H,1-4H2,(H,12,13,14). The first kappa shape index (κ1) is 10.8. The third kappa shape index (κ3) is 2.89. The predicted octanol–water partition coefficient (Wildman–Crippen LogP) is 1.81. The third-order valence-corrected chi connectivity index (χ3v) is 3.17. The zero-order valence-electron chi connectivity index (χ0n) is 8.36. The Morgan fingerprint density at radius 2 is 2.13 bits per heavy atom. The maximum atomic E-state index is 9.62. The highest BCUT2D eigenvalue weighted by Crippen LogP contribution is 2.25. The van der Waals surface area contributed by atoms with E-state index >= 15 is 0 Å². The van der Waals surface area contributed by atoms with Crippen LogP contribution in [-0.2, 0) is 0 Å². The van der Waals surface area contributed by atoms with Gasteiger partial charge in [0.2, 0.25) is 5.95 Å². The summed E-state index contributed by atoms with van der Waals surface area (Å²) < 4.78 is 0.869.